The number of anilines is 1. The largest absolute Gasteiger partial charge is 0.481 e. The first-order chi connectivity index (χ1) is 7.51. The molecule has 1 unspecified atom stereocenters. The Hall–Kier alpha value is -1.65. The van der Waals surface area contributed by atoms with Crippen molar-refractivity contribution in [2.75, 3.05) is 18.0 Å². The molecular formula is C11H15N3O2. The summed E-state index contributed by atoms with van der Waals surface area (Å²) in [5.74, 6) is -0.127. The Morgan fingerprint density at radius 1 is 1.50 bits per heavy atom. The molecule has 1 atom stereocenters. The fraction of sp³-hybridized carbons (Fsp3) is 0.545. The molecule has 1 N–H and O–H groups in total. The highest BCUT2D eigenvalue weighted by Gasteiger charge is 2.41. The van der Waals surface area contributed by atoms with Gasteiger partial charge in [-0.05, 0) is 25.8 Å². The van der Waals surface area contributed by atoms with Crippen molar-refractivity contribution in [1.82, 2.24) is 9.97 Å². The molecule has 1 fully saturated rings. The summed E-state index contributed by atoms with van der Waals surface area (Å²) < 4.78 is 0. The summed E-state index contributed by atoms with van der Waals surface area (Å²) in [6.45, 7) is 4.87. The van der Waals surface area contributed by atoms with Gasteiger partial charge in [0.2, 0.25) is 5.95 Å². The van der Waals surface area contributed by atoms with Crippen LogP contribution in [0.25, 0.3) is 0 Å². The van der Waals surface area contributed by atoms with Crippen molar-refractivity contribution in [1.29, 1.82) is 0 Å². The lowest BCUT2D eigenvalue weighted by Crippen LogP contribution is -2.32. The molecule has 5 heteroatoms. The van der Waals surface area contributed by atoms with Crippen molar-refractivity contribution in [3.05, 3.63) is 18.0 Å². The van der Waals surface area contributed by atoms with Gasteiger partial charge in [-0.25, -0.2) is 9.97 Å². The molecule has 2 rings (SSSR count). The van der Waals surface area contributed by atoms with Gasteiger partial charge in [0, 0.05) is 25.5 Å². The lowest BCUT2D eigenvalue weighted by molar-refractivity contribution is -0.146. The fourth-order valence-electron chi connectivity index (χ4n) is 1.86. The number of hydrogen-bond acceptors (Lipinski definition) is 4. The minimum Gasteiger partial charge on any atom is -0.481 e. The van der Waals surface area contributed by atoms with E-state index in [1.807, 2.05) is 11.8 Å². The molecule has 0 saturated carbocycles. The first-order valence-corrected chi connectivity index (χ1v) is 5.28. The number of aliphatic carboxylic acids is 1. The summed E-state index contributed by atoms with van der Waals surface area (Å²) in [7, 11) is 0. The molecule has 1 aromatic rings. The Kier molecular flexibility index (Phi) is 2.53. The second-order valence-electron chi connectivity index (χ2n) is 4.60. The molecule has 2 heterocycles. The van der Waals surface area contributed by atoms with E-state index in [-0.39, 0.29) is 0 Å². The number of carboxylic acids is 1. The van der Waals surface area contributed by atoms with E-state index < -0.39 is 11.4 Å². The smallest absolute Gasteiger partial charge is 0.311 e. The molecule has 1 aromatic heterocycles. The highest BCUT2D eigenvalue weighted by atomic mass is 16.4. The molecule has 0 spiro atoms. The Labute approximate surface area is 94.1 Å². The van der Waals surface area contributed by atoms with E-state index in [0.717, 1.165) is 5.56 Å². The van der Waals surface area contributed by atoms with Crippen LogP contribution in [0.1, 0.15) is 18.9 Å². The number of carbonyl (C=O) groups is 1. The third kappa shape index (κ3) is 1.85. The lowest BCUT2D eigenvalue weighted by atomic mass is 9.90. The lowest BCUT2D eigenvalue weighted by Gasteiger charge is -2.19. The predicted octanol–water partition coefficient (Wildman–Crippen LogP) is 1.09. The highest BCUT2D eigenvalue weighted by Crippen LogP contribution is 2.31. The van der Waals surface area contributed by atoms with E-state index in [1.54, 1.807) is 19.3 Å². The Bertz CT molecular complexity index is 404. The molecule has 0 amide bonds. The van der Waals surface area contributed by atoms with Crippen molar-refractivity contribution in [2.45, 2.75) is 20.3 Å². The van der Waals surface area contributed by atoms with Crippen LogP contribution in [0.2, 0.25) is 0 Å². The predicted molar refractivity (Wildman–Crippen MR) is 59.3 cm³/mol. The third-order valence-electron chi connectivity index (χ3n) is 3.04. The van der Waals surface area contributed by atoms with E-state index >= 15 is 0 Å². The van der Waals surface area contributed by atoms with Crippen LogP contribution >= 0.6 is 0 Å². The number of nitrogens with zero attached hydrogens (tertiary/aromatic N) is 3. The molecular weight excluding hydrogens is 206 g/mol. The van der Waals surface area contributed by atoms with Crippen molar-refractivity contribution >= 4 is 11.9 Å². The highest BCUT2D eigenvalue weighted by molar-refractivity contribution is 5.76. The Morgan fingerprint density at radius 2 is 2.12 bits per heavy atom. The summed E-state index contributed by atoms with van der Waals surface area (Å²) in [6.07, 6.45) is 4.14. The summed E-state index contributed by atoms with van der Waals surface area (Å²) in [5.41, 5.74) is 0.331. The first-order valence-electron chi connectivity index (χ1n) is 5.28. The standard InChI is InChI=1S/C11H15N3O2/c1-8-5-12-10(13-6-8)14-4-3-11(2,7-14)9(15)16/h5-6H,3-4,7H2,1-2H3,(H,15,16). The maximum atomic E-state index is 11.1. The Balaban J connectivity index is 2.15. The molecule has 0 radical (unpaired) electrons. The van der Waals surface area contributed by atoms with Crippen LogP contribution in [-0.2, 0) is 4.79 Å². The van der Waals surface area contributed by atoms with Crippen LogP contribution in [0.15, 0.2) is 12.4 Å². The molecule has 1 saturated heterocycles. The van der Waals surface area contributed by atoms with Crippen LogP contribution in [-0.4, -0.2) is 34.1 Å². The zero-order valence-corrected chi connectivity index (χ0v) is 9.47. The van der Waals surface area contributed by atoms with Crippen molar-refractivity contribution in [2.24, 2.45) is 5.41 Å². The normalized spacial score (nSPS) is 24.8. The average molecular weight is 221 g/mol. The topological polar surface area (TPSA) is 66.3 Å². The zero-order valence-electron chi connectivity index (χ0n) is 9.47. The van der Waals surface area contributed by atoms with Gasteiger partial charge in [-0.3, -0.25) is 4.79 Å². The molecule has 0 aromatic carbocycles. The third-order valence-corrected chi connectivity index (χ3v) is 3.04. The molecule has 86 valence electrons. The summed E-state index contributed by atoms with van der Waals surface area (Å²) in [5, 5.41) is 9.11. The fourth-order valence-corrected chi connectivity index (χ4v) is 1.86. The number of aryl methyl sites for hydroxylation is 1. The minimum atomic E-state index is -0.748. The van der Waals surface area contributed by atoms with Crippen molar-refractivity contribution in [3.63, 3.8) is 0 Å². The molecule has 5 nitrogen and oxygen atoms in total. The van der Waals surface area contributed by atoms with Gasteiger partial charge in [-0.1, -0.05) is 0 Å². The molecule has 1 aliphatic rings. The number of aromatic nitrogens is 2. The summed E-state index contributed by atoms with van der Waals surface area (Å²) in [6, 6.07) is 0. The SMILES string of the molecule is Cc1cnc(N2CCC(C)(C(=O)O)C2)nc1. The molecule has 16 heavy (non-hydrogen) atoms. The Morgan fingerprint density at radius 3 is 2.62 bits per heavy atom. The van der Waals surface area contributed by atoms with Crippen molar-refractivity contribution < 1.29 is 9.90 Å². The van der Waals surface area contributed by atoms with Crippen LogP contribution < -0.4 is 4.90 Å². The molecule has 0 aliphatic carbocycles. The number of hydrogen-bond donors (Lipinski definition) is 1. The van der Waals surface area contributed by atoms with Gasteiger partial charge in [-0.15, -0.1) is 0 Å². The average Bonchev–Trinajstić information content (AvgIpc) is 2.63. The van der Waals surface area contributed by atoms with Gasteiger partial charge in [0.05, 0.1) is 5.41 Å². The van der Waals surface area contributed by atoms with Crippen LogP contribution in [0.5, 0.6) is 0 Å². The monoisotopic (exact) mass is 221 g/mol. The van der Waals surface area contributed by atoms with Gasteiger partial charge in [0.25, 0.3) is 0 Å². The maximum absolute atomic E-state index is 11.1. The van der Waals surface area contributed by atoms with Crippen LogP contribution in [0.4, 0.5) is 5.95 Å². The van der Waals surface area contributed by atoms with Gasteiger partial charge in [0.15, 0.2) is 0 Å². The van der Waals surface area contributed by atoms with E-state index in [9.17, 15) is 4.79 Å². The first kappa shape index (κ1) is 10.9. The van der Waals surface area contributed by atoms with E-state index in [0.29, 0.717) is 25.5 Å². The van der Waals surface area contributed by atoms with Gasteiger partial charge in [0.1, 0.15) is 0 Å². The van der Waals surface area contributed by atoms with Crippen LogP contribution in [0, 0.1) is 12.3 Å². The summed E-state index contributed by atoms with van der Waals surface area (Å²) in [4.78, 5) is 21.4. The molecule has 1 aliphatic heterocycles. The van der Waals surface area contributed by atoms with Gasteiger partial charge >= 0.3 is 5.97 Å². The molecule has 0 bridgehead atoms. The van der Waals surface area contributed by atoms with E-state index in [4.69, 9.17) is 5.11 Å². The van der Waals surface area contributed by atoms with Gasteiger partial charge < -0.3 is 10.0 Å². The summed E-state index contributed by atoms with van der Waals surface area (Å²) >= 11 is 0. The second kappa shape index (κ2) is 3.73. The van der Waals surface area contributed by atoms with E-state index in [2.05, 4.69) is 9.97 Å². The minimum absolute atomic E-state index is 0.478. The van der Waals surface area contributed by atoms with Crippen LogP contribution in [0.3, 0.4) is 0 Å². The van der Waals surface area contributed by atoms with Gasteiger partial charge in [-0.2, -0.15) is 0 Å². The number of carboxylic acid groups (broad SMARTS) is 1. The number of rotatable bonds is 2. The zero-order chi connectivity index (χ0) is 11.8. The van der Waals surface area contributed by atoms with E-state index in [1.165, 1.54) is 0 Å². The second-order valence-corrected chi connectivity index (χ2v) is 4.60. The quantitative estimate of drug-likeness (QED) is 0.809. The van der Waals surface area contributed by atoms with Crippen molar-refractivity contribution in [3.8, 4) is 0 Å². The maximum Gasteiger partial charge on any atom is 0.311 e.